The van der Waals surface area contributed by atoms with Crippen molar-refractivity contribution in [1.29, 1.82) is 0 Å². The number of sulfone groups is 1. The number of ether oxygens (including phenoxy) is 1. The Balaban J connectivity index is 1.70. The van der Waals surface area contributed by atoms with Crippen LogP contribution >= 0.6 is 0 Å². The first-order valence-electron chi connectivity index (χ1n) is 8.27. The van der Waals surface area contributed by atoms with E-state index in [2.05, 4.69) is 5.32 Å². The Morgan fingerprint density at radius 1 is 0.889 bits per heavy atom. The van der Waals surface area contributed by atoms with Crippen LogP contribution < -0.4 is 10.1 Å². The van der Waals surface area contributed by atoms with Crippen LogP contribution in [0.5, 0.6) is 11.5 Å². The fraction of sp³-hybridized carbons (Fsp3) is 0.0952. The predicted molar refractivity (Wildman–Crippen MR) is 105 cm³/mol. The van der Waals surface area contributed by atoms with Gasteiger partial charge in [-0.25, -0.2) is 8.42 Å². The van der Waals surface area contributed by atoms with Crippen LogP contribution in [0.4, 0.5) is 5.69 Å². The maximum Gasteiger partial charge on any atom is 0.255 e. The quantitative estimate of drug-likeness (QED) is 0.709. The molecule has 0 aliphatic rings. The van der Waals surface area contributed by atoms with E-state index in [1.807, 2.05) is 31.2 Å². The molecule has 0 atom stereocenters. The predicted octanol–water partition coefficient (Wildman–Crippen LogP) is 4.44. The fourth-order valence-electron chi connectivity index (χ4n) is 2.49. The second kappa shape index (κ2) is 7.63. The lowest BCUT2D eigenvalue weighted by atomic mass is 10.2. The third-order valence-corrected chi connectivity index (χ3v) is 4.97. The van der Waals surface area contributed by atoms with Crippen LogP contribution in [-0.2, 0) is 9.84 Å². The molecule has 0 unspecified atom stereocenters. The molecule has 6 heteroatoms. The number of nitrogens with one attached hydrogen (secondary N) is 1. The molecule has 0 saturated carbocycles. The van der Waals surface area contributed by atoms with Crippen molar-refractivity contribution in [1.82, 2.24) is 0 Å². The third-order valence-electron chi connectivity index (χ3n) is 3.86. The number of hydrogen-bond acceptors (Lipinski definition) is 4. The molecule has 0 bridgehead atoms. The van der Waals surface area contributed by atoms with Crippen molar-refractivity contribution in [3.63, 3.8) is 0 Å². The van der Waals surface area contributed by atoms with Crippen LogP contribution in [0.2, 0.25) is 0 Å². The zero-order valence-electron chi connectivity index (χ0n) is 15.0. The van der Waals surface area contributed by atoms with Crippen LogP contribution in [0.15, 0.2) is 77.7 Å². The first-order valence-corrected chi connectivity index (χ1v) is 10.2. The van der Waals surface area contributed by atoms with Gasteiger partial charge in [0, 0.05) is 17.5 Å². The monoisotopic (exact) mass is 381 g/mol. The largest absolute Gasteiger partial charge is 0.457 e. The van der Waals surface area contributed by atoms with Crippen LogP contribution in [0.1, 0.15) is 15.9 Å². The molecule has 0 spiro atoms. The van der Waals surface area contributed by atoms with Gasteiger partial charge < -0.3 is 10.1 Å². The van der Waals surface area contributed by atoms with Gasteiger partial charge in [0.15, 0.2) is 9.84 Å². The topological polar surface area (TPSA) is 72.5 Å². The molecule has 3 aromatic carbocycles. The van der Waals surface area contributed by atoms with Gasteiger partial charge in [0.1, 0.15) is 11.5 Å². The summed E-state index contributed by atoms with van der Waals surface area (Å²) in [5, 5.41) is 2.75. The molecule has 0 aliphatic heterocycles. The van der Waals surface area contributed by atoms with Crippen molar-refractivity contribution in [2.24, 2.45) is 0 Å². The Hall–Kier alpha value is -3.12. The number of rotatable bonds is 5. The average molecular weight is 381 g/mol. The molecule has 27 heavy (non-hydrogen) atoms. The molecule has 3 rings (SSSR count). The minimum Gasteiger partial charge on any atom is -0.457 e. The number of anilines is 1. The third kappa shape index (κ3) is 4.95. The van der Waals surface area contributed by atoms with Crippen molar-refractivity contribution in [3.05, 3.63) is 83.9 Å². The van der Waals surface area contributed by atoms with E-state index in [0.29, 0.717) is 11.4 Å². The van der Waals surface area contributed by atoms with E-state index in [1.54, 1.807) is 36.4 Å². The van der Waals surface area contributed by atoms with E-state index in [4.69, 9.17) is 4.74 Å². The van der Waals surface area contributed by atoms with Crippen molar-refractivity contribution in [2.45, 2.75) is 11.8 Å². The van der Waals surface area contributed by atoms with Gasteiger partial charge in [0.05, 0.1) is 4.90 Å². The van der Waals surface area contributed by atoms with Gasteiger partial charge in [-0.05, 0) is 67.1 Å². The number of carbonyl (C=O) groups excluding carboxylic acids is 1. The van der Waals surface area contributed by atoms with Crippen LogP contribution in [0.25, 0.3) is 0 Å². The second-order valence-corrected chi connectivity index (χ2v) is 8.21. The molecule has 1 N–H and O–H groups in total. The minimum atomic E-state index is -3.37. The minimum absolute atomic E-state index is 0.108. The van der Waals surface area contributed by atoms with Crippen molar-refractivity contribution in [2.75, 3.05) is 11.6 Å². The smallest absolute Gasteiger partial charge is 0.255 e. The number of hydrogen-bond donors (Lipinski definition) is 1. The summed E-state index contributed by atoms with van der Waals surface area (Å²) in [6, 6.07) is 20.6. The normalized spacial score (nSPS) is 11.0. The first-order chi connectivity index (χ1) is 12.8. The molecular weight excluding hydrogens is 362 g/mol. The van der Waals surface area contributed by atoms with Crippen molar-refractivity contribution >= 4 is 21.4 Å². The van der Waals surface area contributed by atoms with Crippen molar-refractivity contribution in [3.8, 4) is 11.5 Å². The highest BCUT2D eigenvalue weighted by Crippen LogP contribution is 2.24. The van der Waals surface area contributed by atoms with Crippen LogP contribution in [0, 0.1) is 6.92 Å². The highest BCUT2D eigenvalue weighted by atomic mass is 32.2. The zero-order chi connectivity index (χ0) is 19.4. The molecule has 138 valence electrons. The van der Waals surface area contributed by atoms with Gasteiger partial charge in [0.2, 0.25) is 0 Å². The van der Waals surface area contributed by atoms with Gasteiger partial charge >= 0.3 is 0 Å². The Labute approximate surface area is 158 Å². The van der Waals surface area contributed by atoms with E-state index in [1.165, 1.54) is 12.1 Å². The Bertz CT molecular complexity index is 1070. The molecule has 0 saturated heterocycles. The molecule has 3 aromatic rings. The Morgan fingerprint density at radius 2 is 1.59 bits per heavy atom. The molecular formula is C21H19NO4S. The van der Waals surface area contributed by atoms with E-state index in [-0.39, 0.29) is 16.4 Å². The molecule has 0 aliphatic carbocycles. The van der Waals surface area contributed by atoms with Crippen molar-refractivity contribution < 1.29 is 17.9 Å². The van der Waals surface area contributed by atoms with E-state index in [9.17, 15) is 13.2 Å². The molecule has 0 fully saturated rings. The molecule has 5 nitrogen and oxygen atoms in total. The van der Waals surface area contributed by atoms with Gasteiger partial charge in [-0.1, -0.05) is 18.2 Å². The Kier molecular flexibility index (Phi) is 5.28. The van der Waals surface area contributed by atoms with Gasteiger partial charge in [-0.15, -0.1) is 0 Å². The highest BCUT2D eigenvalue weighted by Gasteiger charge is 2.12. The summed E-state index contributed by atoms with van der Waals surface area (Å²) in [4.78, 5) is 12.5. The van der Waals surface area contributed by atoms with Gasteiger partial charge in [0.25, 0.3) is 5.91 Å². The van der Waals surface area contributed by atoms with E-state index < -0.39 is 9.84 Å². The maximum absolute atomic E-state index is 12.4. The SMILES string of the molecule is Cc1cccc(Oc2ccc(NC(=O)c3cccc(S(C)(=O)=O)c3)cc2)c1. The summed E-state index contributed by atoms with van der Waals surface area (Å²) >= 11 is 0. The molecule has 0 radical (unpaired) electrons. The number of benzene rings is 3. The second-order valence-electron chi connectivity index (χ2n) is 6.20. The van der Waals surface area contributed by atoms with E-state index in [0.717, 1.165) is 17.6 Å². The molecule has 1 amide bonds. The summed E-state index contributed by atoms with van der Waals surface area (Å²) in [5.74, 6) is 1.01. The molecule has 0 heterocycles. The Morgan fingerprint density at radius 3 is 2.26 bits per heavy atom. The average Bonchev–Trinajstić information content (AvgIpc) is 2.63. The first kappa shape index (κ1) is 18.7. The maximum atomic E-state index is 12.4. The summed E-state index contributed by atoms with van der Waals surface area (Å²) in [7, 11) is -3.37. The summed E-state index contributed by atoms with van der Waals surface area (Å²) in [5.41, 5.74) is 1.96. The van der Waals surface area contributed by atoms with Gasteiger partial charge in [-0.3, -0.25) is 4.79 Å². The highest BCUT2D eigenvalue weighted by molar-refractivity contribution is 7.90. The van der Waals surface area contributed by atoms with Gasteiger partial charge in [-0.2, -0.15) is 0 Å². The lowest BCUT2D eigenvalue weighted by Gasteiger charge is -2.09. The lowest BCUT2D eigenvalue weighted by Crippen LogP contribution is -2.12. The standard InChI is InChI=1S/C21H19NO4S/c1-15-5-3-7-19(13-15)26-18-11-9-17(10-12-18)22-21(23)16-6-4-8-20(14-16)27(2,24)25/h3-14H,1-2H3,(H,22,23). The number of amides is 1. The fourth-order valence-corrected chi connectivity index (χ4v) is 3.16. The molecule has 0 aromatic heterocycles. The van der Waals surface area contributed by atoms with Crippen LogP contribution in [0.3, 0.4) is 0 Å². The van der Waals surface area contributed by atoms with Crippen LogP contribution in [-0.4, -0.2) is 20.6 Å². The summed E-state index contributed by atoms with van der Waals surface area (Å²) < 4.78 is 29.0. The summed E-state index contributed by atoms with van der Waals surface area (Å²) in [6.45, 7) is 1.99. The zero-order valence-corrected chi connectivity index (χ0v) is 15.8. The number of aryl methyl sites for hydroxylation is 1. The lowest BCUT2D eigenvalue weighted by molar-refractivity contribution is 0.102. The number of carbonyl (C=O) groups is 1. The summed E-state index contributed by atoms with van der Waals surface area (Å²) in [6.07, 6.45) is 1.11. The van der Waals surface area contributed by atoms with E-state index >= 15 is 0 Å².